The van der Waals surface area contributed by atoms with Crippen LogP contribution in [-0.2, 0) is 14.3 Å². The van der Waals surface area contributed by atoms with Gasteiger partial charge in [-0.25, -0.2) is 9.97 Å². The Morgan fingerprint density at radius 2 is 2.10 bits per heavy atom. The van der Waals surface area contributed by atoms with Gasteiger partial charge < -0.3 is 20.3 Å². The number of pyridine rings is 1. The maximum absolute atomic E-state index is 12.6. The highest BCUT2D eigenvalue weighted by Crippen LogP contribution is 2.30. The van der Waals surface area contributed by atoms with Crippen molar-refractivity contribution in [3.05, 3.63) is 30.4 Å². The summed E-state index contributed by atoms with van der Waals surface area (Å²) in [4.78, 5) is 38.9. The van der Waals surface area contributed by atoms with Crippen LogP contribution in [0.15, 0.2) is 24.7 Å². The van der Waals surface area contributed by atoms with Crippen molar-refractivity contribution in [1.29, 1.82) is 5.26 Å². The normalized spacial score (nSPS) is 18.2. The lowest BCUT2D eigenvalue weighted by molar-refractivity contribution is -0.137. The third kappa shape index (κ3) is 4.95. The van der Waals surface area contributed by atoms with Gasteiger partial charge >= 0.3 is 0 Å². The number of carbonyl (C=O) groups is 2. The Labute approximate surface area is 179 Å². The summed E-state index contributed by atoms with van der Waals surface area (Å²) in [6, 6.07) is 3.76. The topological polar surface area (TPSA) is 133 Å². The van der Waals surface area contributed by atoms with Crippen LogP contribution in [-0.4, -0.2) is 64.0 Å². The van der Waals surface area contributed by atoms with Gasteiger partial charge in [-0.2, -0.15) is 5.26 Å². The first-order valence-electron chi connectivity index (χ1n) is 10.2. The minimum atomic E-state index is -0.0689. The third-order valence-corrected chi connectivity index (χ3v) is 5.26. The molecule has 0 bridgehead atoms. The van der Waals surface area contributed by atoms with Crippen LogP contribution in [0.5, 0.6) is 0 Å². The molecule has 0 spiro atoms. The summed E-state index contributed by atoms with van der Waals surface area (Å²) in [6.45, 7) is 3.57. The molecule has 10 heteroatoms. The average molecular weight is 421 g/mol. The number of aromatic nitrogens is 3. The summed E-state index contributed by atoms with van der Waals surface area (Å²) in [5, 5.41) is 15.1. The lowest BCUT2D eigenvalue weighted by atomic mass is 10.1. The molecule has 2 aromatic heterocycles. The Hall–Kier alpha value is -3.58. The van der Waals surface area contributed by atoms with Crippen molar-refractivity contribution in [1.82, 2.24) is 19.9 Å². The summed E-state index contributed by atoms with van der Waals surface area (Å²) >= 11 is 0. The van der Waals surface area contributed by atoms with Crippen LogP contribution in [0.1, 0.15) is 25.5 Å². The summed E-state index contributed by atoms with van der Waals surface area (Å²) in [7, 11) is 0. The first-order valence-corrected chi connectivity index (χ1v) is 10.2. The third-order valence-electron chi connectivity index (χ3n) is 5.26. The second-order valence-electron chi connectivity index (χ2n) is 7.65. The van der Waals surface area contributed by atoms with Gasteiger partial charge in [-0.3, -0.25) is 14.6 Å². The van der Waals surface area contributed by atoms with Gasteiger partial charge in [0.05, 0.1) is 49.6 Å². The predicted octanol–water partition coefficient (Wildman–Crippen LogP) is 1.42. The molecule has 2 aromatic rings. The van der Waals surface area contributed by atoms with Gasteiger partial charge in [0.2, 0.25) is 11.8 Å². The van der Waals surface area contributed by atoms with Crippen LogP contribution in [0.25, 0.3) is 11.3 Å². The number of nitrogens with zero attached hydrogens (tertiary/aromatic N) is 5. The SMILES string of the molecule is CC1COCCN1C(=O)CNc1cc(-c2cnc(NC(=O)C3CC3)cn2)cnc1C#N. The number of nitrogens with one attached hydrogen (secondary N) is 2. The van der Waals surface area contributed by atoms with Gasteiger partial charge in [-0.05, 0) is 25.8 Å². The number of hydrogen-bond acceptors (Lipinski definition) is 8. The molecule has 0 aromatic carbocycles. The molecule has 4 rings (SSSR count). The fourth-order valence-corrected chi connectivity index (χ4v) is 3.31. The molecule has 2 N–H and O–H groups in total. The standard InChI is InChI=1S/C21H23N7O3/c1-13-12-31-5-4-28(13)20(29)11-25-16-6-15(8-23-17(16)7-22)18-9-26-19(10-24-18)27-21(30)14-2-3-14/h6,8-10,13-14,25H,2-5,11-12H2,1H3,(H,26,27,30). The van der Waals surface area contributed by atoms with Crippen molar-refractivity contribution in [3.63, 3.8) is 0 Å². The maximum atomic E-state index is 12.6. The monoisotopic (exact) mass is 421 g/mol. The van der Waals surface area contributed by atoms with Crippen molar-refractivity contribution in [2.24, 2.45) is 5.92 Å². The van der Waals surface area contributed by atoms with Gasteiger partial charge in [0.15, 0.2) is 11.5 Å². The van der Waals surface area contributed by atoms with Crippen molar-refractivity contribution in [3.8, 4) is 17.3 Å². The van der Waals surface area contributed by atoms with Crippen LogP contribution in [0.4, 0.5) is 11.5 Å². The zero-order valence-corrected chi connectivity index (χ0v) is 17.2. The number of nitriles is 1. The number of hydrogen-bond donors (Lipinski definition) is 2. The van der Waals surface area contributed by atoms with Crippen LogP contribution >= 0.6 is 0 Å². The molecule has 1 aliphatic heterocycles. The molecule has 2 aliphatic rings. The van der Waals surface area contributed by atoms with E-state index in [1.54, 1.807) is 11.0 Å². The van der Waals surface area contributed by atoms with Crippen LogP contribution in [0.2, 0.25) is 0 Å². The van der Waals surface area contributed by atoms with Gasteiger partial charge in [0.25, 0.3) is 0 Å². The highest BCUT2D eigenvalue weighted by Gasteiger charge is 2.29. The number of rotatable bonds is 6. The molecule has 1 saturated heterocycles. The Morgan fingerprint density at radius 3 is 2.77 bits per heavy atom. The van der Waals surface area contributed by atoms with Gasteiger partial charge in [-0.15, -0.1) is 0 Å². The largest absolute Gasteiger partial charge is 0.377 e. The second-order valence-corrected chi connectivity index (χ2v) is 7.65. The van der Waals surface area contributed by atoms with Crippen LogP contribution < -0.4 is 10.6 Å². The van der Waals surface area contributed by atoms with Crippen LogP contribution in [0, 0.1) is 17.2 Å². The summed E-state index contributed by atoms with van der Waals surface area (Å²) in [5.41, 5.74) is 1.81. The molecule has 1 aliphatic carbocycles. The molecular formula is C21H23N7O3. The maximum Gasteiger partial charge on any atom is 0.242 e. The van der Waals surface area contributed by atoms with E-state index in [2.05, 4.69) is 25.6 Å². The van der Waals surface area contributed by atoms with E-state index in [0.29, 0.717) is 42.5 Å². The van der Waals surface area contributed by atoms with E-state index >= 15 is 0 Å². The quantitative estimate of drug-likeness (QED) is 0.715. The number of carbonyl (C=O) groups excluding carboxylic acids is 2. The van der Waals surface area contributed by atoms with Gasteiger partial charge in [-0.1, -0.05) is 0 Å². The number of amides is 2. The molecule has 160 valence electrons. The first kappa shape index (κ1) is 20.7. The Kier molecular flexibility index (Phi) is 6.04. The number of morpholine rings is 1. The first-order chi connectivity index (χ1) is 15.0. The lowest BCUT2D eigenvalue weighted by Crippen LogP contribution is -2.49. The zero-order valence-electron chi connectivity index (χ0n) is 17.2. The molecule has 2 amide bonds. The molecule has 2 fully saturated rings. The molecule has 0 radical (unpaired) electrons. The van der Waals surface area contributed by atoms with E-state index in [1.807, 2.05) is 13.0 Å². The number of ether oxygens (including phenoxy) is 1. The highest BCUT2D eigenvalue weighted by atomic mass is 16.5. The van der Waals surface area contributed by atoms with Crippen molar-refractivity contribution in [2.45, 2.75) is 25.8 Å². The van der Waals surface area contributed by atoms with Gasteiger partial charge in [0.1, 0.15) is 6.07 Å². The molecule has 10 nitrogen and oxygen atoms in total. The summed E-state index contributed by atoms with van der Waals surface area (Å²) in [5.74, 6) is 0.375. The van der Waals surface area contributed by atoms with E-state index in [-0.39, 0.29) is 36.0 Å². The van der Waals surface area contributed by atoms with E-state index < -0.39 is 0 Å². The molecule has 31 heavy (non-hydrogen) atoms. The van der Waals surface area contributed by atoms with E-state index in [4.69, 9.17) is 4.74 Å². The minimum Gasteiger partial charge on any atom is -0.377 e. The Bertz CT molecular complexity index is 1010. The Balaban J connectivity index is 1.45. The van der Waals surface area contributed by atoms with Crippen LogP contribution in [0.3, 0.4) is 0 Å². The molecular weight excluding hydrogens is 398 g/mol. The van der Waals surface area contributed by atoms with E-state index in [9.17, 15) is 14.9 Å². The number of anilines is 2. The molecule has 3 heterocycles. The van der Waals surface area contributed by atoms with E-state index in [1.165, 1.54) is 18.6 Å². The van der Waals surface area contributed by atoms with Crippen molar-refractivity contribution < 1.29 is 14.3 Å². The fraction of sp³-hybridized carbons (Fsp3) is 0.429. The summed E-state index contributed by atoms with van der Waals surface area (Å²) in [6.07, 6.45) is 6.39. The zero-order chi connectivity index (χ0) is 21.8. The molecule has 1 unspecified atom stereocenters. The van der Waals surface area contributed by atoms with Gasteiger partial charge in [0, 0.05) is 24.2 Å². The fourth-order valence-electron chi connectivity index (χ4n) is 3.31. The minimum absolute atomic E-state index is 0.0112. The summed E-state index contributed by atoms with van der Waals surface area (Å²) < 4.78 is 5.37. The van der Waals surface area contributed by atoms with Crippen molar-refractivity contribution in [2.75, 3.05) is 36.9 Å². The molecule has 1 saturated carbocycles. The second kappa shape index (κ2) is 9.06. The smallest absolute Gasteiger partial charge is 0.242 e. The average Bonchev–Trinajstić information content (AvgIpc) is 3.64. The molecule has 1 atom stereocenters. The van der Waals surface area contributed by atoms with E-state index in [0.717, 1.165) is 12.8 Å². The van der Waals surface area contributed by atoms with Crippen molar-refractivity contribution >= 4 is 23.3 Å². The lowest BCUT2D eigenvalue weighted by Gasteiger charge is -2.33. The predicted molar refractivity (Wildman–Crippen MR) is 112 cm³/mol. The highest BCUT2D eigenvalue weighted by molar-refractivity contribution is 5.93. The Morgan fingerprint density at radius 1 is 1.26 bits per heavy atom.